The van der Waals surface area contributed by atoms with E-state index in [0.717, 1.165) is 12.3 Å². The van der Waals surface area contributed by atoms with Crippen molar-refractivity contribution in [2.75, 3.05) is 12.3 Å². The minimum absolute atomic E-state index is 0.478. The molecule has 1 nitrogen and oxygen atoms in total. The third-order valence-electron chi connectivity index (χ3n) is 3.34. The maximum atomic E-state index is 4.69. The van der Waals surface area contributed by atoms with Crippen LogP contribution in [-0.4, -0.2) is 17.3 Å². The number of hydrogen-bond acceptors (Lipinski definition) is 2. The van der Waals surface area contributed by atoms with E-state index in [1.807, 2.05) is 17.8 Å². The molecule has 0 bridgehead atoms. The number of unbranched alkanes of at least 4 members (excludes halogenated alkanes) is 1. The Bertz CT molecular complexity index is 436. The van der Waals surface area contributed by atoms with E-state index in [-0.39, 0.29) is 0 Å². The van der Waals surface area contributed by atoms with Gasteiger partial charge >= 0.3 is 0 Å². The molecule has 0 saturated heterocycles. The van der Waals surface area contributed by atoms with Crippen molar-refractivity contribution in [2.45, 2.75) is 32.1 Å². The molecule has 0 radical (unpaired) electrons. The number of hydrogen-bond donors (Lipinski definition) is 0. The fraction of sp³-hybridized carbons (Fsp3) is 0.438. The first-order valence-corrected chi connectivity index (χ1v) is 7.74. The van der Waals surface area contributed by atoms with Gasteiger partial charge in [0.1, 0.15) is 0 Å². The number of benzene rings is 1. The van der Waals surface area contributed by atoms with Gasteiger partial charge in [-0.1, -0.05) is 56.7 Å². The molecule has 96 valence electrons. The Morgan fingerprint density at radius 3 is 2.94 bits per heavy atom. The fourth-order valence-electron chi connectivity index (χ4n) is 2.40. The lowest BCUT2D eigenvalue weighted by molar-refractivity contribution is 0.687. The summed E-state index contributed by atoms with van der Waals surface area (Å²) >= 11 is 1.93. The largest absolute Gasteiger partial charge is 0.281 e. The van der Waals surface area contributed by atoms with E-state index in [9.17, 15) is 0 Å². The molecule has 0 aromatic heterocycles. The van der Waals surface area contributed by atoms with E-state index in [1.165, 1.54) is 35.4 Å². The van der Waals surface area contributed by atoms with E-state index in [0.29, 0.717) is 5.92 Å². The van der Waals surface area contributed by atoms with Gasteiger partial charge in [0, 0.05) is 18.2 Å². The lowest BCUT2D eigenvalue weighted by Gasteiger charge is -2.19. The molecular formula is C16H21NS. The van der Waals surface area contributed by atoms with Crippen LogP contribution in [0.2, 0.25) is 0 Å². The van der Waals surface area contributed by atoms with Crippen LogP contribution in [0.3, 0.4) is 0 Å². The van der Waals surface area contributed by atoms with Crippen LogP contribution in [0.25, 0.3) is 6.08 Å². The van der Waals surface area contributed by atoms with Crippen molar-refractivity contribution in [1.82, 2.24) is 0 Å². The van der Waals surface area contributed by atoms with Gasteiger partial charge in [0.15, 0.2) is 0 Å². The summed E-state index contributed by atoms with van der Waals surface area (Å²) in [6.07, 6.45) is 5.67. The minimum Gasteiger partial charge on any atom is -0.281 e. The van der Waals surface area contributed by atoms with Crippen LogP contribution in [0.5, 0.6) is 0 Å². The van der Waals surface area contributed by atoms with Gasteiger partial charge in [-0.2, -0.15) is 0 Å². The van der Waals surface area contributed by atoms with Gasteiger partial charge in [0.2, 0.25) is 0 Å². The lowest BCUT2D eigenvalue weighted by Crippen LogP contribution is -2.09. The van der Waals surface area contributed by atoms with Crippen LogP contribution in [0.4, 0.5) is 0 Å². The molecule has 1 aromatic carbocycles. The van der Waals surface area contributed by atoms with E-state index >= 15 is 0 Å². The van der Waals surface area contributed by atoms with Gasteiger partial charge < -0.3 is 0 Å². The Morgan fingerprint density at radius 2 is 2.28 bits per heavy atom. The van der Waals surface area contributed by atoms with E-state index in [4.69, 9.17) is 0 Å². The summed E-state index contributed by atoms with van der Waals surface area (Å²) in [4.78, 5) is 4.69. The summed E-state index contributed by atoms with van der Waals surface area (Å²) in [7, 11) is 0. The predicted octanol–water partition coefficient (Wildman–Crippen LogP) is 4.75. The van der Waals surface area contributed by atoms with Gasteiger partial charge in [0.05, 0.1) is 5.04 Å². The molecule has 0 fully saturated rings. The third kappa shape index (κ3) is 3.05. The Kier molecular flexibility index (Phi) is 5.06. The molecule has 0 saturated carbocycles. The van der Waals surface area contributed by atoms with Crippen LogP contribution in [0, 0.1) is 0 Å². The van der Waals surface area contributed by atoms with Crippen molar-refractivity contribution in [2.24, 2.45) is 4.99 Å². The second-order valence-electron chi connectivity index (χ2n) is 4.60. The first kappa shape index (κ1) is 13.4. The van der Waals surface area contributed by atoms with Crippen molar-refractivity contribution < 1.29 is 0 Å². The summed E-state index contributed by atoms with van der Waals surface area (Å²) in [5, 5.41) is 1.33. The molecule has 1 aromatic rings. The second-order valence-corrected chi connectivity index (χ2v) is 5.71. The summed E-state index contributed by atoms with van der Waals surface area (Å²) < 4.78 is 0. The molecule has 1 unspecified atom stereocenters. The molecule has 1 aliphatic rings. The minimum atomic E-state index is 0.478. The zero-order chi connectivity index (χ0) is 12.8. The van der Waals surface area contributed by atoms with Crippen molar-refractivity contribution >= 4 is 22.9 Å². The fourth-order valence-corrected chi connectivity index (χ4v) is 3.42. The van der Waals surface area contributed by atoms with Crippen LogP contribution in [-0.2, 0) is 0 Å². The highest BCUT2D eigenvalue weighted by Gasteiger charge is 2.22. The van der Waals surface area contributed by atoms with Gasteiger partial charge in [-0.15, -0.1) is 11.8 Å². The molecule has 1 heterocycles. The van der Waals surface area contributed by atoms with Gasteiger partial charge in [-0.25, -0.2) is 0 Å². The highest BCUT2D eigenvalue weighted by atomic mass is 32.2. The third-order valence-corrected chi connectivity index (χ3v) is 4.44. The predicted molar refractivity (Wildman–Crippen MR) is 83.6 cm³/mol. The molecule has 0 amide bonds. The molecule has 18 heavy (non-hydrogen) atoms. The molecule has 2 heteroatoms. The molecular weight excluding hydrogens is 238 g/mol. The second kappa shape index (κ2) is 6.79. The quantitative estimate of drug-likeness (QED) is 0.718. The SMILES string of the molecule is C=Cc1ccccc1C(CCCC)C1=NCCS1. The maximum absolute atomic E-state index is 4.69. The van der Waals surface area contributed by atoms with Gasteiger partial charge in [0.25, 0.3) is 0 Å². The first-order valence-electron chi connectivity index (χ1n) is 6.75. The van der Waals surface area contributed by atoms with Crippen molar-refractivity contribution in [1.29, 1.82) is 0 Å². The Labute approximate surface area is 114 Å². The van der Waals surface area contributed by atoms with Crippen LogP contribution in [0.1, 0.15) is 43.2 Å². The van der Waals surface area contributed by atoms with E-state index in [2.05, 4.69) is 42.8 Å². The first-order chi connectivity index (χ1) is 8.86. The normalized spacial score (nSPS) is 16.4. The standard InChI is InChI=1S/C16H21NS/c1-3-5-9-15(16-17-11-12-18-16)14-10-7-6-8-13(14)4-2/h4,6-8,10,15H,2-3,5,9,11-12H2,1H3. The number of rotatable bonds is 6. The monoisotopic (exact) mass is 259 g/mol. The zero-order valence-electron chi connectivity index (χ0n) is 11.1. The summed E-state index contributed by atoms with van der Waals surface area (Å²) in [5.74, 6) is 1.63. The van der Waals surface area contributed by atoms with Crippen molar-refractivity contribution in [3.8, 4) is 0 Å². The summed E-state index contributed by atoms with van der Waals surface area (Å²) in [6.45, 7) is 7.17. The average Bonchev–Trinajstić information content (AvgIpc) is 2.94. The molecule has 2 rings (SSSR count). The number of nitrogens with zero attached hydrogens (tertiary/aromatic N) is 1. The molecule has 1 aliphatic heterocycles. The number of aliphatic imine (C=N–C) groups is 1. The molecule has 0 N–H and O–H groups in total. The van der Waals surface area contributed by atoms with Gasteiger partial charge in [-0.05, 0) is 17.5 Å². The highest BCUT2D eigenvalue weighted by molar-refractivity contribution is 8.14. The topological polar surface area (TPSA) is 12.4 Å². The molecule has 0 spiro atoms. The number of thioether (sulfide) groups is 1. The lowest BCUT2D eigenvalue weighted by atomic mass is 9.90. The van der Waals surface area contributed by atoms with E-state index < -0.39 is 0 Å². The Balaban J connectivity index is 2.29. The van der Waals surface area contributed by atoms with Crippen molar-refractivity contribution in [3.05, 3.63) is 42.0 Å². The van der Waals surface area contributed by atoms with Crippen LogP contribution >= 0.6 is 11.8 Å². The van der Waals surface area contributed by atoms with Crippen molar-refractivity contribution in [3.63, 3.8) is 0 Å². The Hall–Kier alpha value is -1.02. The zero-order valence-corrected chi connectivity index (χ0v) is 11.9. The van der Waals surface area contributed by atoms with E-state index in [1.54, 1.807) is 0 Å². The van der Waals surface area contributed by atoms with Crippen LogP contribution < -0.4 is 0 Å². The molecule has 0 aliphatic carbocycles. The summed E-state index contributed by atoms with van der Waals surface area (Å²) in [5.41, 5.74) is 2.66. The smallest absolute Gasteiger partial charge is 0.0752 e. The maximum Gasteiger partial charge on any atom is 0.0752 e. The summed E-state index contributed by atoms with van der Waals surface area (Å²) in [6, 6.07) is 8.60. The Morgan fingerprint density at radius 1 is 1.44 bits per heavy atom. The molecule has 1 atom stereocenters. The highest BCUT2D eigenvalue weighted by Crippen LogP contribution is 2.33. The van der Waals surface area contributed by atoms with Crippen LogP contribution in [0.15, 0.2) is 35.8 Å². The average molecular weight is 259 g/mol. The van der Waals surface area contributed by atoms with Gasteiger partial charge in [-0.3, -0.25) is 4.99 Å².